The lowest BCUT2D eigenvalue weighted by Crippen LogP contribution is -2.39. The first kappa shape index (κ1) is 39.7. The van der Waals surface area contributed by atoms with Crippen LogP contribution in [0.4, 0.5) is 0 Å². The molecular formula is C35H70N2OS2. The summed E-state index contributed by atoms with van der Waals surface area (Å²) in [5, 5.41) is 16.8. The number of unbranched alkanes of at least 4 members (excludes halogenated alkanes) is 24. The molecular weight excluding hydrogens is 529 g/mol. The van der Waals surface area contributed by atoms with Gasteiger partial charge in [0.15, 0.2) is 0 Å². The van der Waals surface area contributed by atoms with E-state index >= 15 is 0 Å². The largest absolute Gasteiger partial charge is 0.389 e. The van der Waals surface area contributed by atoms with Crippen LogP contribution in [0.25, 0.3) is 0 Å². The van der Waals surface area contributed by atoms with E-state index in [1.54, 1.807) is 0 Å². The van der Waals surface area contributed by atoms with Gasteiger partial charge in [-0.2, -0.15) is 0 Å². The van der Waals surface area contributed by atoms with Gasteiger partial charge in [-0.1, -0.05) is 192 Å². The van der Waals surface area contributed by atoms with Crippen molar-refractivity contribution < 1.29 is 5.11 Å². The molecule has 0 aromatic carbocycles. The second kappa shape index (κ2) is 33.2. The lowest BCUT2D eigenvalue weighted by atomic mass is 10.0. The maximum absolute atomic E-state index is 10.3. The van der Waals surface area contributed by atoms with Crippen molar-refractivity contribution >= 4 is 34.4 Å². The molecule has 0 aromatic heterocycles. The molecule has 0 rings (SSSR count). The highest BCUT2D eigenvalue weighted by Crippen LogP contribution is 2.14. The summed E-state index contributed by atoms with van der Waals surface area (Å²) in [6, 6.07) is 0. The summed E-state index contributed by atoms with van der Waals surface area (Å²) in [5.41, 5.74) is 0. The summed E-state index contributed by atoms with van der Waals surface area (Å²) in [5.74, 6) is 0. The summed E-state index contributed by atoms with van der Waals surface area (Å²) >= 11 is 10.9. The Bertz CT molecular complexity index is 497. The molecule has 0 aromatic rings. The van der Waals surface area contributed by atoms with Crippen molar-refractivity contribution in [3.63, 3.8) is 0 Å². The molecule has 0 radical (unpaired) electrons. The minimum atomic E-state index is -0.464. The number of hydrogen-bond acceptors (Lipinski definition) is 3. The van der Waals surface area contributed by atoms with E-state index in [4.69, 9.17) is 24.4 Å². The van der Waals surface area contributed by atoms with Crippen molar-refractivity contribution in [2.75, 3.05) is 13.1 Å². The van der Waals surface area contributed by atoms with E-state index < -0.39 is 6.10 Å². The van der Waals surface area contributed by atoms with Crippen LogP contribution < -0.4 is 10.6 Å². The number of nitrogens with one attached hydrogen (secondary N) is 2. The Morgan fingerprint density at radius 1 is 0.425 bits per heavy atom. The Morgan fingerprint density at radius 3 is 0.900 bits per heavy atom. The number of hydrogen-bond donors (Lipinski definition) is 3. The van der Waals surface area contributed by atoms with E-state index in [0.717, 1.165) is 35.7 Å². The molecule has 0 unspecified atom stereocenters. The predicted octanol–water partition coefficient (Wildman–Crippen LogP) is 11.1. The van der Waals surface area contributed by atoms with E-state index in [0.29, 0.717) is 13.1 Å². The average Bonchev–Trinajstić information content (AvgIpc) is 2.95. The quantitative estimate of drug-likeness (QED) is 0.0531. The summed E-state index contributed by atoms with van der Waals surface area (Å²) in [4.78, 5) is 1.77. The topological polar surface area (TPSA) is 44.3 Å². The molecule has 0 aliphatic carbocycles. The Labute approximate surface area is 262 Å². The maximum Gasteiger partial charge on any atom is 0.0884 e. The van der Waals surface area contributed by atoms with Crippen molar-refractivity contribution in [3.05, 3.63) is 0 Å². The molecule has 0 aliphatic heterocycles. The second-order valence-electron chi connectivity index (χ2n) is 12.2. The zero-order chi connectivity index (χ0) is 29.4. The molecule has 3 nitrogen and oxygen atoms in total. The van der Waals surface area contributed by atoms with Crippen LogP contribution in [0.15, 0.2) is 0 Å². The third-order valence-corrected chi connectivity index (χ3v) is 8.78. The minimum Gasteiger partial charge on any atom is -0.389 e. The van der Waals surface area contributed by atoms with Crippen molar-refractivity contribution in [2.45, 2.75) is 200 Å². The van der Waals surface area contributed by atoms with Gasteiger partial charge < -0.3 is 15.7 Å². The Balaban J connectivity index is 3.39. The fourth-order valence-corrected chi connectivity index (χ4v) is 5.77. The Morgan fingerprint density at radius 2 is 0.650 bits per heavy atom. The fourth-order valence-electron chi connectivity index (χ4n) is 5.32. The van der Waals surface area contributed by atoms with Crippen LogP contribution in [0.3, 0.4) is 0 Å². The lowest BCUT2D eigenvalue weighted by Gasteiger charge is -2.15. The van der Waals surface area contributed by atoms with Gasteiger partial charge in [0.05, 0.1) is 16.1 Å². The first-order chi connectivity index (χ1) is 19.6. The van der Waals surface area contributed by atoms with Gasteiger partial charge in [0, 0.05) is 13.1 Å². The van der Waals surface area contributed by atoms with Gasteiger partial charge in [-0.25, -0.2) is 0 Å². The van der Waals surface area contributed by atoms with E-state index in [1.807, 2.05) is 0 Å². The van der Waals surface area contributed by atoms with Crippen LogP contribution in [-0.2, 0) is 0 Å². The molecule has 3 N–H and O–H groups in total. The normalized spacial score (nSPS) is 11.3. The molecule has 0 saturated carbocycles. The van der Waals surface area contributed by atoms with Gasteiger partial charge in [0.25, 0.3) is 0 Å². The summed E-state index contributed by atoms with van der Waals surface area (Å²) < 4.78 is 0. The van der Waals surface area contributed by atoms with Crippen LogP contribution in [0.5, 0.6) is 0 Å². The van der Waals surface area contributed by atoms with E-state index in [2.05, 4.69) is 24.5 Å². The molecule has 40 heavy (non-hydrogen) atoms. The molecule has 0 heterocycles. The van der Waals surface area contributed by atoms with Crippen molar-refractivity contribution in [2.24, 2.45) is 0 Å². The monoisotopic (exact) mass is 598 g/mol. The molecule has 5 heteroatoms. The van der Waals surface area contributed by atoms with Crippen LogP contribution in [0.2, 0.25) is 0 Å². The van der Waals surface area contributed by atoms with Gasteiger partial charge in [-0.15, -0.1) is 0 Å². The lowest BCUT2D eigenvalue weighted by molar-refractivity contribution is 0.180. The van der Waals surface area contributed by atoms with Gasteiger partial charge in [-0.05, 0) is 25.7 Å². The number of aliphatic hydroxyl groups excluding tert-OH is 1. The van der Waals surface area contributed by atoms with Gasteiger partial charge in [0.2, 0.25) is 0 Å². The van der Waals surface area contributed by atoms with Crippen molar-refractivity contribution in [1.29, 1.82) is 0 Å². The third-order valence-electron chi connectivity index (χ3n) is 8.08. The highest BCUT2D eigenvalue weighted by atomic mass is 32.1. The molecule has 0 amide bonds. The fraction of sp³-hybridized carbons (Fsp3) is 0.943. The molecule has 0 aliphatic rings. The van der Waals surface area contributed by atoms with E-state index in [9.17, 15) is 5.11 Å². The number of rotatable bonds is 32. The maximum atomic E-state index is 10.3. The summed E-state index contributed by atoms with van der Waals surface area (Å²) in [6.45, 7) is 5.58. The zero-order valence-electron chi connectivity index (χ0n) is 27.1. The van der Waals surface area contributed by atoms with Crippen molar-refractivity contribution in [3.8, 4) is 0 Å². The van der Waals surface area contributed by atoms with Gasteiger partial charge >= 0.3 is 0 Å². The van der Waals surface area contributed by atoms with Crippen LogP contribution in [-0.4, -0.2) is 34.3 Å². The first-order valence-corrected chi connectivity index (χ1v) is 18.6. The van der Waals surface area contributed by atoms with Gasteiger partial charge in [0.1, 0.15) is 0 Å². The molecule has 238 valence electrons. The number of aliphatic hydroxyl groups is 1. The van der Waals surface area contributed by atoms with Gasteiger partial charge in [-0.3, -0.25) is 0 Å². The molecule has 0 fully saturated rings. The molecule has 0 spiro atoms. The highest BCUT2D eigenvalue weighted by Gasteiger charge is 2.06. The molecule has 0 atom stereocenters. The van der Waals surface area contributed by atoms with Crippen molar-refractivity contribution in [1.82, 2.24) is 10.6 Å². The summed E-state index contributed by atoms with van der Waals surface area (Å²) in [6.07, 6.45) is 37.0. The Kier molecular flexibility index (Phi) is 33.0. The van der Waals surface area contributed by atoms with E-state index in [-0.39, 0.29) is 0 Å². The first-order valence-electron chi connectivity index (χ1n) is 17.8. The third kappa shape index (κ3) is 32.3. The SMILES string of the molecule is CCCCCCCCCCCCCCCC(=S)NCC(O)CNC(=S)CCCCCCCCCCCCCCC. The highest BCUT2D eigenvalue weighted by molar-refractivity contribution is 7.80. The zero-order valence-corrected chi connectivity index (χ0v) is 28.7. The smallest absolute Gasteiger partial charge is 0.0884 e. The van der Waals surface area contributed by atoms with Crippen LogP contribution >= 0.6 is 24.4 Å². The second-order valence-corrected chi connectivity index (χ2v) is 13.2. The average molecular weight is 599 g/mol. The van der Waals surface area contributed by atoms with Crippen LogP contribution in [0.1, 0.15) is 194 Å². The molecule has 0 bridgehead atoms. The molecule has 0 saturated heterocycles. The standard InChI is InChI=1S/C35H70N2OS2/c1-3-5-7-9-11-13-15-17-19-21-23-25-27-29-34(39)36-31-33(38)32-37-35(40)30-28-26-24-22-20-18-16-14-12-10-8-6-4-2/h33,38H,3-32H2,1-2H3,(H,36,39)(H,37,40). The van der Waals surface area contributed by atoms with Crippen LogP contribution in [0, 0.1) is 0 Å². The minimum absolute atomic E-state index is 0.464. The Hall–Kier alpha value is -0.260. The van der Waals surface area contributed by atoms with E-state index in [1.165, 1.54) is 154 Å². The predicted molar refractivity (Wildman–Crippen MR) is 188 cm³/mol. The number of thiocarbonyl (C=S) groups is 2. The summed E-state index contributed by atoms with van der Waals surface area (Å²) in [7, 11) is 0.